The summed E-state index contributed by atoms with van der Waals surface area (Å²) in [6.07, 6.45) is 2.20. The molecule has 0 saturated carbocycles. The SMILES string of the molecule is O=c1c2ccc(F)cc2oc2ccc3c(c12)CCC(F)=C3. The maximum absolute atomic E-state index is 13.4. The number of hydrogen-bond donors (Lipinski definition) is 0. The summed E-state index contributed by atoms with van der Waals surface area (Å²) in [5.41, 5.74) is 1.95. The van der Waals surface area contributed by atoms with Crippen molar-refractivity contribution < 1.29 is 13.2 Å². The first-order valence-corrected chi connectivity index (χ1v) is 6.67. The topological polar surface area (TPSA) is 30.2 Å². The average molecular weight is 284 g/mol. The van der Waals surface area contributed by atoms with Crippen molar-refractivity contribution in [3.63, 3.8) is 0 Å². The van der Waals surface area contributed by atoms with Crippen molar-refractivity contribution >= 4 is 28.0 Å². The van der Waals surface area contributed by atoms with Crippen molar-refractivity contribution in [1.29, 1.82) is 0 Å². The fourth-order valence-electron chi connectivity index (χ4n) is 2.89. The van der Waals surface area contributed by atoms with Gasteiger partial charge in [-0.15, -0.1) is 0 Å². The van der Waals surface area contributed by atoms with Crippen molar-refractivity contribution in [2.45, 2.75) is 12.8 Å². The predicted molar refractivity (Wildman–Crippen MR) is 77.4 cm³/mol. The van der Waals surface area contributed by atoms with Gasteiger partial charge in [0.15, 0.2) is 0 Å². The Morgan fingerprint density at radius 1 is 1.00 bits per heavy atom. The van der Waals surface area contributed by atoms with Crippen LogP contribution in [-0.2, 0) is 6.42 Å². The highest BCUT2D eigenvalue weighted by molar-refractivity contribution is 5.93. The molecule has 1 aliphatic rings. The van der Waals surface area contributed by atoms with E-state index in [2.05, 4.69) is 0 Å². The maximum atomic E-state index is 13.4. The zero-order chi connectivity index (χ0) is 14.6. The second kappa shape index (κ2) is 4.25. The first-order chi connectivity index (χ1) is 10.1. The van der Waals surface area contributed by atoms with Gasteiger partial charge in [0.1, 0.15) is 22.8 Å². The summed E-state index contributed by atoms with van der Waals surface area (Å²) >= 11 is 0. The molecule has 0 atom stereocenters. The van der Waals surface area contributed by atoms with Crippen LogP contribution < -0.4 is 5.43 Å². The molecular formula is C17H10F2O2. The lowest BCUT2D eigenvalue weighted by Gasteiger charge is -2.14. The molecule has 0 fully saturated rings. The minimum atomic E-state index is -0.451. The highest BCUT2D eigenvalue weighted by atomic mass is 19.1. The van der Waals surface area contributed by atoms with Crippen LogP contribution in [0.15, 0.2) is 45.4 Å². The standard InChI is InChI=1S/C17H10F2O2/c18-10-2-4-12-9(7-10)1-6-14-16(12)17(20)13-5-3-11(19)8-15(13)21-14/h1,3,5-8H,2,4H2. The summed E-state index contributed by atoms with van der Waals surface area (Å²) in [6, 6.07) is 7.23. The fraction of sp³-hybridized carbons (Fsp3) is 0.118. The van der Waals surface area contributed by atoms with E-state index in [9.17, 15) is 13.6 Å². The average Bonchev–Trinajstić information content (AvgIpc) is 2.46. The van der Waals surface area contributed by atoms with E-state index in [-0.39, 0.29) is 23.3 Å². The Balaban J connectivity index is 2.18. The quantitative estimate of drug-likeness (QED) is 0.575. The van der Waals surface area contributed by atoms with Gasteiger partial charge >= 0.3 is 0 Å². The molecule has 3 aromatic rings. The zero-order valence-electron chi connectivity index (χ0n) is 11.0. The third kappa shape index (κ3) is 1.79. The molecule has 1 heterocycles. The van der Waals surface area contributed by atoms with Gasteiger partial charge in [0, 0.05) is 12.5 Å². The Hall–Kier alpha value is -2.49. The largest absolute Gasteiger partial charge is 0.456 e. The summed E-state index contributed by atoms with van der Waals surface area (Å²) in [4.78, 5) is 12.7. The Kier molecular flexibility index (Phi) is 2.48. The Morgan fingerprint density at radius 3 is 2.71 bits per heavy atom. The van der Waals surface area contributed by atoms with E-state index in [0.29, 0.717) is 28.3 Å². The Labute approximate surface area is 118 Å². The molecule has 0 saturated heterocycles. The van der Waals surface area contributed by atoms with Crippen LogP contribution in [0.2, 0.25) is 0 Å². The molecule has 0 unspecified atom stereocenters. The molecule has 0 radical (unpaired) electrons. The summed E-state index contributed by atoms with van der Waals surface area (Å²) in [5.74, 6) is -0.637. The van der Waals surface area contributed by atoms with Crippen LogP contribution in [0.1, 0.15) is 17.5 Å². The number of allylic oxidation sites excluding steroid dienone is 1. The Morgan fingerprint density at radius 2 is 1.86 bits per heavy atom. The summed E-state index contributed by atoms with van der Waals surface area (Å²) < 4.78 is 32.3. The molecule has 1 aliphatic carbocycles. The van der Waals surface area contributed by atoms with Gasteiger partial charge in [-0.3, -0.25) is 4.79 Å². The van der Waals surface area contributed by atoms with E-state index in [1.807, 2.05) is 0 Å². The molecule has 2 nitrogen and oxygen atoms in total. The second-order valence-corrected chi connectivity index (χ2v) is 5.17. The number of halogens is 2. The van der Waals surface area contributed by atoms with Gasteiger partial charge in [-0.1, -0.05) is 6.07 Å². The number of aryl methyl sites for hydroxylation is 1. The highest BCUT2D eigenvalue weighted by Gasteiger charge is 2.18. The molecule has 0 bridgehead atoms. The van der Waals surface area contributed by atoms with Crippen LogP contribution in [0, 0.1) is 5.82 Å². The smallest absolute Gasteiger partial charge is 0.200 e. The normalized spacial score (nSPS) is 14.3. The molecule has 1 aromatic heterocycles. The summed E-state index contributed by atoms with van der Waals surface area (Å²) in [7, 11) is 0. The van der Waals surface area contributed by atoms with Gasteiger partial charge < -0.3 is 4.42 Å². The number of fused-ring (bicyclic) bond motifs is 4. The van der Waals surface area contributed by atoms with Crippen LogP contribution in [-0.4, -0.2) is 0 Å². The summed E-state index contributed by atoms with van der Waals surface area (Å²) in [6.45, 7) is 0. The van der Waals surface area contributed by atoms with Gasteiger partial charge in [-0.2, -0.15) is 0 Å². The number of benzene rings is 2. The first kappa shape index (κ1) is 12.3. The van der Waals surface area contributed by atoms with E-state index >= 15 is 0 Å². The molecule has 104 valence electrons. The van der Waals surface area contributed by atoms with Crippen LogP contribution in [0.3, 0.4) is 0 Å². The molecule has 4 heteroatoms. The van der Waals surface area contributed by atoms with Crippen LogP contribution in [0.4, 0.5) is 8.78 Å². The van der Waals surface area contributed by atoms with Gasteiger partial charge in [0.2, 0.25) is 5.43 Å². The summed E-state index contributed by atoms with van der Waals surface area (Å²) in [5, 5.41) is 0.808. The molecule has 0 amide bonds. The first-order valence-electron chi connectivity index (χ1n) is 6.67. The van der Waals surface area contributed by atoms with E-state index in [1.165, 1.54) is 24.3 Å². The molecule has 0 aliphatic heterocycles. The monoisotopic (exact) mass is 284 g/mol. The van der Waals surface area contributed by atoms with E-state index in [1.54, 1.807) is 12.1 Å². The van der Waals surface area contributed by atoms with E-state index in [4.69, 9.17) is 4.42 Å². The predicted octanol–water partition coefficient (Wildman–Crippen LogP) is 4.34. The highest BCUT2D eigenvalue weighted by Crippen LogP contribution is 2.31. The van der Waals surface area contributed by atoms with Crippen LogP contribution in [0.5, 0.6) is 0 Å². The minimum Gasteiger partial charge on any atom is -0.456 e. The third-order valence-electron chi connectivity index (χ3n) is 3.87. The van der Waals surface area contributed by atoms with Crippen molar-refractivity contribution in [3.05, 3.63) is 63.3 Å². The van der Waals surface area contributed by atoms with Crippen molar-refractivity contribution in [3.8, 4) is 0 Å². The fourth-order valence-corrected chi connectivity index (χ4v) is 2.89. The lowest BCUT2D eigenvalue weighted by atomic mass is 9.92. The van der Waals surface area contributed by atoms with Gasteiger partial charge in [0.25, 0.3) is 0 Å². The van der Waals surface area contributed by atoms with E-state index in [0.717, 1.165) is 5.56 Å². The molecule has 0 N–H and O–H groups in total. The van der Waals surface area contributed by atoms with Crippen molar-refractivity contribution in [2.24, 2.45) is 0 Å². The Bertz CT molecular complexity index is 983. The molecule has 4 rings (SSSR count). The lowest BCUT2D eigenvalue weighted by molar-refractivity contribution is 0.590. The van der Waals surface area contributed by atoms with Gasteiger partial charge in [-0.25, -0.2) is 8.78 Å². The van der Waals surface area contributed by atoms with Gasteiger partial charge in [0.05, 0.1) is 10.8 Å². The zero-order valence-corrected chi connectivity index (χ0v) is 11.0. The molecule has 0 spiro atoms. The van der Waals surface area contributed by atoms with E-state index < -0.39 is 5.82 Å². The van der Waals surface area contributed by atoms with Crippen LogP contribution in [0.25, 0.3) is 28.0 Å². The van der Waals surface area contributed by atoms with Crippen molar-refractivity contribution in [1.82, 2.24) is 0 Å². The number of hydrogen-bond acceptors (Lipinski definition) is 2. The van der Waals surface area contributed by atoms with Crippen LogP contribution >= 0.6 is 0 Å². The second-order valence-electron chi connectivity index (χ2n) is 5.17. The minimum absolute atomic E-state index is 0.186. The molecule has 2 aromatic carbocycles. The third-order valence-corrected chi connectivity index (χ3v) is 3.87. The van der Waals surface area contributed by atoms with Gasteiger partial charge in [-0.05, 0) is 41.8 Å². The maximum Gasteiger partial charge on any atom is 0.200 e. The lowest BCUT2D eigenvalue weighted by Crippen LogP contribution is -2.08. The number of rotatable bonds is 0. The van der Waals surface area contributed by atoms with Crippen molar-refractivity contribution in [2.75, 3.05) is 0 Å². The molecule has 21 heavy (non-hydrogen) atoms. The molecular weight excluding hydrogens is 274 g/mol.